The van der Waals surface area contributed by atoms with Gasteiger partial charge in [-0.15, -0.1) is 8.78 Å². The molecule has 2 atom stereocenters. The van der Waals surface area contributed by atoms with E-state index in [1.165, 1.54) is 17.6 Å². The second-order valence-electron chi connectivity index (χ2n) is 9.99. The number of nitrogens with zero attached hydrogens (tertiary/aromatic N) is 2. The molecule has 0 bridgehead atoms. The van der Waals surface area contributed by atoms with Crippen molar-refractivity contribution >= 4 is 22.8 Å². The van der Waals surface area contributed by atoms with Crippen molar-refractivity contribution < 1.29 is 37.7 Å². The maximum absolute atomic E-state index is 14.0. The number of pyridine rings is 2. The predicted octanol–water partition coefficient (Wildman–Crippen LogP) is 2.52. The van der Waals surface area contributed by atoms with Crippen molar-refractivity contribution in [3.63, 3.8) is 0 Å². The Kier molecular flexibility index (Phi) is 4.42. The fraction of sp³-hybridized carbons (Fsp3) is 0.385. The topological polar surface area (TPSA) is 129 Å². The number of halogens is 2. The molecule has 0 fully saturated rings. The smallest absolute Gasteiger partial charge is 0.458 e. The number of hydrogen-bond donors (Lipinski definition) is 2. The van der Waals surface area contributed by atoms with E-state index in [4.69, 9.17) is 19.2 Å². The minimum Gasteiger partial charge on any atom is -0.458 e. The quantitative estimate of drug-likeness (QED) is 0.382. The van der Waals surface area contributed by atoms with Crippen LogP contribution in [0.1, 0.15) is 60.5 Å². The standard InChI is InChI=1S/C26H21F2N3O7/c1-3-25(35)14-6-17-21-12(8-31(17)23(33)13(14)9-36-24(25)34)20-15(29-10(2)32)5-4-11-19(20)16(30-21)7-18-22(11)38-26(27,28)37-18/h6-7,15,35H,3-5,8-9H2,1-2H3,(H,29,32)/t15?,25-/m0/s1. The number of aliphatic hydroxyl groups is 1. The van der Waals surface area contributed by atoms with Crippen LogP contribution in [0.25, 0.3) is 22.3 Å². The van der Waals surface area contributed by atoms with Crippen molar-refractivity contribution in [2.75, 3.05) is 0 Å². The SMILES string of the molecule is CC[C@@]1(O)C(=O)OCc2c1cc1n(c2=O)Cc2c-1nc1cc3c(c4c1c2C(NC(C)=O)CC4)OC(F)(F)O3. The fourth-order valence-corrected chi connectivity index (χ4v) is 6.22. The highest BCUT2D eigenvalue weighted by atomic mass is 19.3. The summed E-state index contributed by atoms with van der Waals surface area (Å²) in [6.07, 6.45) is -3.08. The van der Waals surface area contributed by atoms with Crippen molar-refractivity contribution in [2.24, 2.45) is 0 Å². The van der Waals surface area contributed by atoms with Crippen LogP contribution >= 0.6 is 0 Å². The second kappa shape index (κ2) is 7.28. The molecule has 12 heteroatoms. The van der Waals surface area contributed by atoms with Gasteiger partial charge in [0.15, 0.2) is 17.1 Å². The monoisotopic (exact) mass is 525 g/mol. The number of aryl methyl sites for hydroxylation is 1. The Bertz CT molecular complexity index is 1700. The van der Waals surface area contributed by atoms with Crippen LogP contribution in [0, 0.1) is 0 Å². The molecule has 10 nitrogen and oxygen atoms in total. The van der Waals surface area contributed by atoms with E-state index in [1.807, 2.05) is 0 Å². The average Bonchev–Trinajstić information content (AvgIpc) is 3.38. The Morgan fingerprint density at radius 3 is 2.76 bits per heavy atom. The lowest BCUT2D eigenvalue weighted by atomic mass is 9.82. The lowest BCUT2D eigenvalue weighted by Gasteiger charge is -2.31. The largest absolute Gasteiger partial charge is 0.586 e. The molecule has 5 heterocycles. The molecule has 38 heavy (non-hydrogen) atoms. The lowest BCUT2D eigenvalue weighted by Crippen LogP contribution is -2.44. The Labute approximate surface area is 213 Å². The maximum Gasteiger partial charge on any atom is 0.586 e. The highest BCUT2D eigenvalue weighted by Gasteiger charge is 2.48. The van der Waals surface area contributed by atoms with Crippen molar-refractivity contribution in [1.82, 2.24) is 14.9 Å². The summed E-state index contributed by atoms with van der Waals surface area (Å²) in [6, 6.07) is 2.49. The van der Waals surface area contributed by atoms with Crippen molar-refractivity contribution in [2.45, 2.75) is 64.2 Å². The summed E-state index contributed by atoms with van der Waals surface area (Å²) in [5, 5.41) is 14.6. The first kappa shape index (κ1) is 23.1. The van der Waals surface area contributed by atoms with Gasteiger partial charge >= 0.3 is 12.3 Å². The normalized spacial score (nSPS) is 23.5. The molecule has 1 unspecified atom stereocenters. The zero-order valence-electron chi connectivity index (χ0n) is 20.3. The Morgan fingerprint density at radius 2 is 2.03 bits per heavy atom. The van der Waals surface area contributed by atoms with Crippen LogP contribution in [0.5, 0.6) is 11.5 Å². The molecule has 0 spiro atoms. The van der Waals surface area contributed by atoms with E-state index < -0.39 is 29.5 Å². The number of fused-ring (bicyclic) bond motifs is 7. The summed E-state index contributed by atoms with van der Waals surface area (Å²) in [4.78, 5) is 42.9. The molecule has 1 aromatic carbocycles. The van der Waals surface area contributed by atoms with Crippen molar-refractivity contribution in [3.05, 3.63) is 50.3 Å². The van der Waals surface area contributed by atoms with Crippen LogP contribution in [-0.4, -0.2) is 32.8 Å². The van der Waals surface area contributed by atoms with E-state index in [0.29, 0.717) is 51.8 Å². The molecule has 3 aromatic rings. The van der Waals surface area contributed by atoms with Gasteiger partial charge in [0, 0.05) is 35.1 Å². The van der Waals surface area contributed by atoms with Crippen LogP contribution in [0.4, 0.5) is 8.78 Å². The zero-order chi connectivity index (χ0) is 26.7. The molecule has 0 radical (unpaired) electrons. The summed E-state index contributed by atoms with van der Waals surface area (Å²) in [6.45, 7) is 2.85. The van der Waals surface area contributed by atoms with Gasteiger partial charge < -0.3 is 29.2 Å². The second-order valence-corrected chi connectivity index (χ2v) is 9.99. The van der Waals surface area contributed by atoms with Crippen LogP contribution in [0.2, 0.25) is 0 Å². The fourth-order valence-electron chi connectivity index (χ4n) is 6.22. The number of carbonyl (C=O) groups excluding carboxylic acids is 2. The highest BCUT2D eigenvalue weighted by Crippen LogP contribution is 2.52. The maximum atomic E-state index is 14.0. The molecule has 2 N–H and O–H groups in total. The number of ether oxygens (including phenoxy) is 3. The Hall–Kier alpha value is -4.06. The summed E-state index contributed by atoms with van der Waals surface area (Å²) < 4.78 is 44.3. The molecular formula is C26H21F2N3O7. The molecule has 2 aromatic heterocycles. The number of benzene rings is 1. The number of alkyl halides is 2. The first-order valence-corrected chi connectivity index (χ1v) is 12.2. The van der Waals surface area contributed by atoms with Gasteiger partial charge in [-0.2, -0.15) is 0 Å². The molecule has 1 amide bonds. The van der Waals surface area contributed by atoms with Gasteiger partial charge in [-0.1, -0.05) is 6.92 Å². The zero-order valence-corrected chi connectivity index (χ0v) is 20.3. The number of rotatable bonds is 2. The van der Waals surface area contributed by atoms with Crippen LogP contribution < -0.4 is 20.3 Å². The van der Waals surface area contributed by atoms with E-state index in [1.54, 1.807) is 13.0 Å². The van der Waals surface area contributed by atoms with Crippen LogP contribution in [0.3, 0.4) is 0 Å². The highest BCUT2D eigenvalue weighted by molar-refractivity contribution is 5.96. The molecule has 1 aliphatic carbocycles. The van der Waals surface area contributed by atoms with E-state index in [0.717, 1.165) is 0 Å². The first-order chi connectivity index (χ1) is 18.0. The Balaban J connectivity index is 1.53. The van der Waals surface area contributed by atoms with Gasteiger partial charge in [-0.3, -0.25) is 9.59 Å². The average molecular weight is 525 g/mol. The van der Waals surface area contributed by atoms with Crippen molar-refractivity contribution in [1.29, 1.82) is 0 Å². The minimum atomic E-state index is -3.81. The number of nitrogens with one attached hydrogen (secondary N) is 1. The molecule has 7 rings (SSSR count). The first-order valence-electron chi connectivity index (χ1n) is 12.2. The molecule has 196 valence electrons. The van der Waals surface area contributed by atoms with Gasteiger partial charge in [0.05, 0.1) is 35.1 Å². The van der Waals surface area contributed by atoms with E-state index >= 15 is 0 Å². The third-order valence-corrected chi connectivity index (χ3v) is 7.90. The van der Waals surface area contributed by atoms with Crippen LogP contribution in [-0.2, 0) is 39.5 Å². The van der Waals surface area contributed by atoms with Gasteiger partial charge in [-0.25, -0.2) is 9.78 Å². The lowest BCUT2D eigenvalue weighted by molar-refractivity contribution is -0.286. The van der Waals surface area contributed by atoms with Gasteiger partial charge in [-0.05, 0) is 30.9 Å². The third-order valence-electron chi connectivity index (χ3n) is 7.90. The van der Waals surface area contributed by atoms with Crippen molar-refractivity contribution in [3.8, 4) is 22.9 Å². The number of hydrogen-bond acceptors (Lipinski definition) is 8. The molecule has 0 saturated carbocycles. The van der Waals surface area contributed by atoms with Gasteiger partial charge in [0.25, 0.3) is 5.56 Å². The Morgan fingerprint density at radius 1 is 1.24 bits per heavy atom. The summed E-state index contributed by atoms with van der Waals surface area (Å²) in [5.74, 6) is -1.30. The number of amides is 1. The number of cyclic esters (lactones) is 1. The van der Waals surface area contributed by atoms with E-state index in [9.17, 15) is 28.3 Å². The molecular weight excluding hydrogens is 504 g/mol. The number of esters is 1. The summed E-state index contributed by atoms with van der Waals surface area (Å²) in [5.41, 5.74) is 0.879. The van der Waals surface area contributed by atoms with Gasteiger partial charge in [0.2, 0.25) is 5.91 Å². The summed E-state index contributed by atoms with van der Waals surface area (Å²) in [7, 11) is 0. The number of carbonyl (C=O) groups is 2. The van der Waals surface area contributed by atoms with E-state index in [-0.39, 0.29) is 48.1 Å². The molecule has 3 aliphatic heterocycles. The third kappa shape index (κ3) is 2.89. The molecule has 4 aliphatic rings. The van der Waals surface area contributed by atoms with E-state index in [2.05, 4.69) is 5.32 Å². The minimum absolute atomic E-state index is 0.00334. The molecule has 0 saturated heterocycles. The summed E-state index contributed by atoms with van der Waals surface area (Å²) >= 11 is 0. The number of aromatic nitrogens is 2. The van der Waals surface area contributed by atoms with Crippen LogP contribution in [0.15, 0.2) is 16.9 Å². The van der Waals surface area contributed by atoms with Gasteiger partial charge in [0.1, 0.15) is 6.61 Å². The predicted molar refractivity (Wildman–Crippen MR) is 126 cm³/mol.